The van der Waals surface area contributed by atoms with Gasteiger partial charge in [0.2, 0.25) is 0 Å². The van der Waals surface area contributed by atoms with Gasteiger partial charge in [0.1, 0.15) is 4.11 Å². The minimum absolute atomic E-state index is 0.553. The van der Waals surface area contributed by atoms with Crippen LogP contribution in [0.2, 0.25) is 0 Å². The van der Waals surface area contributed by atoms with E-state index < -0.39 is 0 Å². The van der Waals surface area contributed by atoms with Crippen LogP contribution in [0.25, 0.3) is 0 Å². The van der Waals surface area contributed by atoms with Gasteiger partial charge in [-0.2, -0.15) is 0 Å². The summed E-state index contributed by atoms with van der Waals surface area (Å²) in [5, 5.41) is 0. The van der Waals surface area contributed by atoms with E-state index in [0.717, 1.165) is 6.61 Å². The Bertz CT molecular complexity index is 25.2. The van der Waals surface area contributed by atoms with Crippen molar-refractivity contribution in [2.24, 2.45) is 0 Å². The smallest absolute Gasteiger partial charge is 0.132 e. The highest BCUT2D eigenvalue weighted by Gasteiger charge is 2.15. The molecule has 0 radical (unpaired) electrons. The van der Waals surface area contributed by atoms with Crippen LogP contribution in [0.15, 0.2) is 0 Å². The molecule has 1 saturated heterocycles. The third-order valence-electron chi connectivity index (χ3n) is 0.293. The molecule has 1 fully saturated rings. The van der Waals surface area contributed by atoms with Crippen molar-refractivity contribution < 1.29 is 4.74 Å². The van der Waals surface area contributed by atoms with Gasteiger partial charge in [-0.15, -0.1) is 0 Å². The molecule has 0 unspecified atom stereocenters. The van der Waals surface area contributed by atoms with Gasteiger partial charge < -0.3 is 4.74 Å². The predicted molar refractivity (Wildman–Crippen MR) is 23.8 cm³/mol. The molecule has 0 bridgehead atoms. The Kier molecular flexibility index (Phi) is 0.599. The van der Waals surface area contributed by atoms with Gasteiger partial charge in [-0.3, -0.25) is 0 Å². The number of epoxide rings is 1. The third-order valence-corrected chi connectivity index (χ3v) is 1.01. The van der Waals surface area contributed by atoms with Crippen LogP contribution < -0.4 is 0 Å². The zero-order valence-corrected chi connectivity index (χ0v) is 4.23. The van der Waals surface area contributed by atoms with Crippen molar-refractivity contribution in [3.8, 4) is 0 Å². The van der Waals surface area contributed by atoms with Crippen molar-refractivity contribution in [3.63, 3.8) is 0 Å². The maximum atomic E-state index is 4.70. The van der Waals surface area contributed by atoms with Crippen LogP contribution in [0.1, 0.15) is 0 Å². The standard InChI is InChI=1S/C2H3IO/c3-2-1-4-2/h2H,1H2/t2-/m1/s1. The first kappa shape index (κ1) is 2.90. The lowest BCUT2D eigenvalue weighted by Gasteiger charge is -1.48. The molecule has 1 aliphatic rings. The molecule has 1 atom stereocenters. The van der Waals surface area contributed by atoms with E-state index in [9.17, 15) is 0 Å². The first-order chi connectivity index (χ1) is 1.89. The lowest BCUT2D eigenvalue weighted by molar-refractivity contribution is 0.467. The Hall–Kier alpha value is 0.690. The Morgan fingerprint density at radius 2 is 2.25 bits per heavy atom. The van der Waals surface area contributed by atoms with Gasteiger partial charge in [0.25, 0.3) is 0 Å². The number of rotatable bonds is 0. The highest BCUT2D eigenvalue weighted by atomic mass is 127. The second kappa shape index (κ2) is 0.825. The predicted octanol–water partition coefficient (Wildman–Crippen LogP) is 0.778. The molecule has 1 nitrogen and oxygen atoms in total. The zero-order valence-electron chi connectivity index (χ0n) is 2.07. The summed E-state index contributed by atoms with van der Waals surface area (Å²) < 4.78 is 5.25. The molecule has 0 aromatic rings. The summed E-state index contributed by atoms with van der Waals surface area (Å²) in [6, 6.07) is 0. The number of hydrogen-bond donors (Lipinski definition) is 0. The van der Waals surface area contributed by atoms with Gasteiger partial charge in [-0.05, 0) is 22.6 Å². The maximum Gasteiger partial charge on any atom is 0.132 e. The maximum absolute atomic E-state index is 4.70. The molecule has 0 amide bonds. The van der Waals surface area contributed by atoms with E-state index in [2.05, 4.69) is 22.6 Å². The summed E-state index contributed by atoms with van der Waals surface area (Å²) in [6.45, 7) is 0.973. The molecule has 0 saturated carbocycles. The lowest BCUT2D eigenvalue weighted by atomic mass is 11.0. The van der Waals surface area contributed by atoms with Gasteiger partial charge in [-0.1, -0.05) is 0 Å². The molecule has 1 heterocycles. The van der Waals surface area contributed by atoms with E-state index in [0.29, 0.717) is 4.11 Å². The second-order valence-corrected chi connectivity index (χ2v) is 2.13. The number of ether oxygens (including phenoxy) is 1. The molecule has 0 N–H and O–H groups in total. The summed E-state index contributed by atoms with van der Waals surface area (Å²) in [5.41, 5.74) is 0. The van der Waals surface area contributed by atoms with Crippen molar-refractivity contribution in [1.82, 2.24) is 0 Å². The van der Waals surface area contributed by atoms with Gasteiger partial charge in [-0.25, -0.2) is 0 Å². The number of halogens is 1. The van der Waals surface area contributed by atoms with E-state index >= 15 is 0 Å². The average Bonchev–Trinajstić information content (AvgIpc) is 1.75. The zero-order chi connectivity index (χ0) is 2.99. The van der Waals surface area contributed by atoms with E-state index in [1.54, 1.807) is 0 Å². The van der Waals surface area contributed by atoms with E-state index in [-0.39, 0.29) is 0 Å². The minimum atomic E-state index is 0.553. The number of hydrogen-bond acceptors (Lipinski definition) is 1. The third kappa shape index (κ3) is 0.564. The molecule has 2 heteroatoms. The molecule has 0 spiro atoms. The SMILES string of the molecule is I[C@H]1CO1. The molecule has 1 aliphatic heterocycles. The summed E-state index contributed by atoms with van der Waals surface area (Å²) in [6.07, 6.45) is 0. The van der Waals surface area contributed by atoms with Gasteiger partial charge in [0.15, 0.2) is 0 Å². The lowest BCUT2D eigenvalue weighted by Crippen LogP contribution is -1.48. The quantitative estimate of drug-likeness (QED) is 0.297. The molecule has 0 aliphatic carbocycles. The van der Waals surface area contributed by atoms with Crippen LogP contribution in [-0.4, -0.2) is 10.7 Å². The molecule has 24 valence electrons. The Morgan fingerprint density at radius 1 is 2.00 bits per heavy atom. The first-order valence-electron chi connectivity index (χ1n) is 1.15. The highest BCUT2D eigenvalue weighted by molar-refractivity contribution is 14.1. The summed E-state index contributed by atoms with van der Waals surface area (Å²) in [5.74, 6) is 0. The fourth-order valence-electron chi connectivity index (χ4n) is 0.0364. The van der Waals surface area contributed by atoms with Crippen LogP contribution in [0.5, 0.6) is 0 Å². The van der Waals surface area contributed by atoms with Gasteiger partial charge in [0, 0.05) is 0 Å². The van der Waals surface area contributed by atoms with Crippen molar-refractivity contribution >= 4 is 22.6 Å². The Balaban J connectivity index is 2.17. The minimum Gasteiger partial charge on any atom is -0.362 e. The fraction of sp³-hybridized carbons (Fsp3) is 1.00. The summed E-state index contributed by atoms with van der Waals surface area (Å²) in [7, 11) is 0. The van der Waals surface area contributed by atoms with E-state index in [4.69, 9.17) is 4.74 Å². The summed E-state index contributed by atoms with van der Waals surface area (Å²) in [4.78, 5) is 0. The molecule has 4 heavy (non-hydrogen) atoms. The Morgan fingerprint density at radius 3 is 2.25 bits per heavy atom. The Labute approximate surface area is 38.5 Å². The first-order valence-corrected chi connectivity index (χ1v) is 2.40. The van der Waals surface area contributed by atoms with Crippen LogP contribution in [0.3, 0.4) is 0 Å². The van der Waals surface area contributed by atoms with E-state index in [1.807, 2.05) is 0 Å². The van der Waals surface area contributed by atoms with Crippen LogP contribution in [0, 0.1) is 0 Å². The van der Waals surface area contributed by atoms with Crippen molar-refractivity contribution in [2.75, 3.05) is 6.61 Å². The molecule has 0 aromatic carbocycles. The summed E-state index contributed by atoms with van der Waals surface area (Å²) >= 11 is 2.23. The molecular formula is C2H3IO. The average molecular weight is 170 g/mol. The van der Waals surface area contributed by atoms with Gasteiger partial charge in [0.05, 0.1) is 6.61 Å². The van der Waals surface area contributed by atoms with Crippen molar-refractivity contribution in [2.45, 2.75) is 4.11 Å². The second-order valence-electron chi connectivity index (χ2n) is 0.743. The van der Waals surface area contributed by atoms with Gasteiger partial charge >= 0.3 is 0 Å². The number of alkyl halides is 1. The van der Waals surface area contributed by atoms with Crippen LogP contribution in [-0.2, 0) is 4.74 Å². The monoisotopic (exact) mass is 170 g/mol. The largest absolute Gasteiger partial charge is 0.362 e. The van der Waals surface area contributed by atoms with Crippen LogP contribution in [0.4, 0.5) is 0 Å². The topological polar surface area (TPSA) is 12.5 Å². The van der Waals surface area contributed by atoms with Crippen molar-refractivity contribution in [1.29, 1.82) is 0 Å². The van der Waals surface area contributed by atoms with Crippen molar-refractivity contribution in [3.05, 3.63) is 0 Å². The normalized spacial score (nSPS) is 39.8. The highest BCUT2D eigenvalue weighted by Crippen LogP contribution is 2.15. The fourth-order valence-corrected chi connectivity index (χ4v) is 0.244. The van der Waals surface area contributed by atoms with Crippen LogP contribution >= 0.6 is 22.6 Å². The molecule has 1 rings (SSSR count). The molecular weight excluding hydrogens is 167 g/mol. The molecule has 0 aromatic heterocycles. The van der Waals surface area contributed by atoms with E-state index in [1.165, 1.54) is 0 Å².